The van der Waals surface area contributed by atoms with Crippen LogP contribution in [0.5, 0.6) is 0 Å². The van der Waals surface area contributed by atoms with E-state index in [4.69, 9.17) is 9.68 Å². The van der Waals surface area contributed by atoms with Gasteiger partial charge in [-0.2, -0.15) is 10.5 Å². The molecule has 0 aliphatic carbocycles. The first kappa shape index (κ1) is 28.0. The Balaban J connectivity index is 0.000000165. The Hall–Kier alpha value is -4.52. The Morgan fingerprint density at radius 2 is 1.24 bits per heavy atom. The molecule has 0 saturated heterocycles. The minimum Gasteiger partial charge on any atom is -0.352 e. The standard InChI is InChI=1S/C15H19N5O.C14H17N5O/c1-4-5-18-8-11(2)13(6-16)14-15(18)20-10-19(21-3)9-12(20)7-17-14;1-4-17-7-10(2)12(5-15)13-14(17)19-9-18(20-3)8-11(19)6-16-13/h7,9H,4-5,8,10H2,1-3H3;6,8H,4,7,9H2,1-3H3. The van der Waals surface area contributed by atoms with E-state index in [1.807, 2.05) is 26.2 Å². The van der Waals surface area contributed by atoms with E-state index in [0.29, 0.717) is 24.5 Å². The molecule has 0 atom stereocenters. The Labute approximate surface area is 241 Å². The highest BCUT2D eigenvalue weighted by atomic mass is 16.7. The van der Waals surface area contributed by atoms with Crippen molar-refractivity contribution in [2.24, 2.45) is 9.98 Å². The fourth-order valence-corrected chi connectivity index (χ4v) is 5.69. The predicted molar refractivity (Wildman–Crippen MR) is 154 cm³/mol. The fourth-order valence-electron chi connectivity index (χ4n) is 5.69. The molecule has 6 heterocycles. The highest BCUT2D eigenvalue weighted by Crippen LogP contribution is 2.38. The molecule has 0 amide bonds. The van der Waals surface area contributed by atoms with Gasteiger partial charge in [-0.05, 0) is 38.3 Å². The zero-order valence-electron chi connectivity index (χ0n) is 24.5. The number of fused-ring (bicyclic) bond motifs is 4. The molecule has 0 bridgehead atoms. The van der Waals surface area contributed by atoms with Crippen LogP contribution in [0.4, 0.5) is 0 Å². The van der Waals surface area contributed by atoms with Crippen LogP contribution in [0.25, 0.3) is 0 Å². The van der Waals surface area contributed by atoms with Crippen LogP contribution in [0.2, 0.25) is 0 Å². The van der Waals surface area contributed by atoms with Crippen LogP contribution in [0.1, 0.15) is 34.1 Å². The lowest BCUT2D eigenvalue weighted by atomic mass is 10.0. The lowest BCUT2D eigenvalue weighted by molar-refractivity contribution is -0.0971. The quantitative estimate of drug-likeness (QED) is 0.501. The van der Waals surface area contributed by atoms with E-state index in [9.17, 15) is 10.5 Å². The number of nitriles is 2. The van der Waals surface area contributed by atoms with Crippen molar-refractivity contribution in [2.45, 2.75) is 34.1 Å². The van der Waals surface area contributed by atoms with Gasteiger partial charge in [-0.25, -0.2) is 20.1 Å². The van der Waals surface area contributed by atoms with Crippen molar-refractivity contribution in [3.63, 3.8) is 0 Å². The van der Waals surface area contributed by atoms with Gasteiger partial charge < -0.3 is 19.6 Å². The molecule has 0 unspecified atom stereocenters. The molecule has 0 aromatic heterocycles. The van der Waals surface area contributed by atoms with Gasteiger partial charge in [0.25, 0.3) is 0 Å². The summed E-state index contributed by atoms with van der Waals surface area (Å²) in [6.45, 7) is 12.9. The number of hydrogen-bond donors (Lipinski definition) is 0. The van der Waals surface area contributed by atoms with E-state index in [-0.39, 0.29) is 0 Å². The maximum Gasteiger partial charge on any atom is 0.138 e. The summed E-state index contributed by atoms with van der Waals surface area (Å²) < 4.78 is 0. The lowest BCUT2D eigenvalue weighted by Gasteiger charge is -2.39. The zero-order chi connectivity index (χ0) is 29.3. The van der Waals surface area contributed by atoms with Crippen LogP contribution in [0.3, 0.4) is 0 Å². The summed E-state index contributed by atoms with van der Waals surface area (Å²) >= 11 is 0. The highest BCUT2D eigenvalue weighted by Gasteiger charge is 2.37. The van der Waals surface area contributed by atoms with Gasteiger partial charge in [-0.1, -0.05) is 6.92 Å². The number of likely N-dealkylation sites (N-methyl/N-ethyl adjacent to an activating group) is 1. The molecule has 214 valence electrons. The van der Waals surface area contributed by atoms with E-state index >= 15 is 0 Å². The van der Waals surface area contributed by atoms with Gasteiger partial charge in [0.15, 0.2) is 0 Å². The minimum absolute atomic E-state index is 0.616. The predicted octanol–water partition coefficient (Wildman–Crippen LogP) is 3.18. The molecule has 6 aliphatic rings. The largest absolute Gasteiger partial charge is 0.352 e. The lowest BCUT2D eigenvalue weighted by Crippen LogP contribution is -2.42. The van der Waals surface area contributed by atoms with Crippen molar-refractivity contribution >= 4 is 12.4 Å². The Morgan fingerprint density at radius 3 is 1.66 bits per heavy atom. The SMILES string of the molecule is CCCN1CC(C)=C(C#N)C2=C1N1CN(OC)C=C1C=N2.CCN1CC(C)=C(C#N)C2=C1N1CN(OC)C=C1C=N2. The van der Waals surface area contributed by atoms with Crippen LogP contribution < -0.4 is 0 Å². The third kappa shape index (κ3) is 4.86. The van der Waals surface area contributed by atoms with E-state index in [2.05, 4.69) is 55.6 Å². The summed E-state index contributed by atoms with van der Waals surface area (Å²) in [5, 5.41) is 22.4. The molecular formula is C29H36N10O2. The van der Waals surface area contributed by atoms with Gasteiger partial charge >= 0.3 is 0 Å². The van der Waals surface area contributed by atoms with Crippen molar-refractivity contribution in [1.82, 2.24) is 29.7 Å². The number of hydroxylamine groups is 4. The molecule has 6 aliphatic heterocycles. The summed E-state index contributed by atoms with van der Waals surface area (Å²) in [4.78, 5) is 28.4. The maximum absolute atomic E-state index is 9.45. The van der Waals surface area contributed by atoms with Gasteiger partial charge in [-0.15, -0.1) is 0 Å². The van der Waals surface area contributed by atoms with E-state index in [1.54, 1.807) is 36.8 Å². The molecular weight excluding hydrogens is 520 g/mol. The van der Waals surface area contributed by atoms with Gasteiger partial charge in [-0.3, -0.25) is 9.68 Å². The first-order chi connectivity index (χ1) is 19.9. The van der Waals surface area contributed by atoms with Crippen LogP contribution >= 0.6 is 0 Å². The first-order valence-corrected chi connectivity index (χ1v) is 13.8. The maximum atomic E-state index is 9.45. The average molecular weight is 557 g/mol. The molecule has 0 aromatic rings. The molecule has 41 heavy (non-hydrogen) atoms. The van der Waals surface area contributed by atoms with Crippen LogP contribution in [-0.4, -0.2) is 95.9 Å². The first-order valence-electron chi connectivity index (χ1n) is 13.8. The second kappa shape index (κ2) is 11.5. The normalized spacial score (nSPS) is 20.9. The van der Waals surface area contributed by atoms with Crippen molar-refractivity contribution in [3.8, 4) is 12.1 Å². The Morgan fingerprint density at radius 1 is 0.780 bits per heavy atom. The number of allylic oxidation sites excluding steroid dienone is 4. The molecule has 6 rings (SSSR count). The summed E-state index contributed by atoms with van der Waals surface area (Å²) in [7, 11) is 3.29. The van der Waals surface area contributed by atoms with E-state index in [1.165, 1.54) is 0 Å². The summed E-state index contributed by atoms with van der Waals surface area (Å²) in [5.74, 6) is 2.02. The third-order valence-electron chi connectivity index (χ3n) is 7.67. The van der Waals surface area contributed by atoms with Gasteiger partial charge in [0, 0.05) is 26.2 Å². The van der Waals surface area contributed by atoms with E-state index in [0.717, 1.165) is 78.2 Å². The Kier molecular flexibility index (Phi) is 7.88. The second-order valence-electron chi connectivity index (χ2n) is 10.3. The Bertz CT molecular complexity index is 1450. The number of aliphatic imine (C=N–C) groups is 2. The number of rotatable bonds is 5. The zero-order valence-corrected chi connectivity index (χ0v) is 24.5. The molecule has 12 heteroatoms. The molecule has 0 fully saturated rings. The van der Waals surface area contributed by atoms with Crippen LogP contribution in [-0.2, 0) is 9.68 Å². The molecule has 0 N–H and O–H groups in total. The second-order valence-corrected chi connectivity index (χ2v) is 10.3. The minimum atomic E-state index is 0.616. The van der Waals surface area contributed by atoms with Crippen molar-refractivity contribution in [2.75, 3.05) is 53.7 Å². The molecule has 0 spiro atoms. The van der Waals surface area contributed by atoms with Crippen molar-refractivity contribution in [3.05, 3.63) is 69.1 Å². The molecule has 0 saturated carbocycles. The van der Waals surface area contributed by atoms with Gasteiger partial charge in [0.2, 0.25) is 0 Å². The summed E-state index contributed by atoms with van der Waals surface area (Å²) in [5.41, 5.74) is 7.07. The van der Waals surface area contributed by atoms with Gasteiger partial charge in [0.05, 0.1) is 61.6 Å². The average Bonchev–Trinajstić information content (AvgIpc) is 3.61. The number of nitrogens with zero attached hydrogens (tertiary/aromatic N) is 10. The summed E-state index contributed by atoms with van der Waals surface area (Å²) in [6.07, 6.45) is 8.49. The van der Waals surface area contributed by atoms with Crippen LogP contribution in [0.15, 0.2) is 79.1 Å². The third-order valence-corrected chi connectivity index (χ3v) is 7.67. The van der Waals surface area contributed by atoms with Crippen molar-refractivity contribution < 1.29 is 9.68 Å². The molecule has 12 nitrogen and oxygen atoms in total. The molecule has 0 radical (unpaired) electrons. The fraction of sp³-hybridized carbons (Fsp3) is 0.448. The van der Waals surface area contributed by atoms with Crippen LogP contribution in [0, 0.1) is 22.7 Å². The smallest absolute Gasteiger partial charge is 0.138 e. The summed E-state index contributed by atoms with van der Waals surface area (Å²) in [6, 6.07) is 4.60. The highest BCUT2D eigenvalue weighted by molar-refractivity contribution is 5.83. The van der Waals surface area contributed by atoms with E-state index < -0.39 is 0 Å². The van der Waals surface area contributed by atoms with Gasteiger partial charge in [0.1, 0.15) is 48.5 Å². The monoisotopic (exact) mass is 556 g/mol. The topological polar surface area (TPSA) is 110 Å². The number of hydrogen-bond acceptors (Lipinski definition) is 12. The molecule has 0 aromatic carbocycles. The van der Waals surface area contributed by atoms with Crippen molar-refractivity contribution in [1.29, 1.82) is 10.5 Å².